The predicted molar refractivity (Wildman–Crippen MR) is 68.0 cm³/mol. The first-order chi connectivity index (χ1) is 7.52. The normalized spacial score (nSPS) is 19.1. The summed E-state index contributed by atoms with van der Waals surface area (Å²) in [5, 5.41) is 10.1. The van der Waals surface area contributed by atoms with Crippen LogP contribution in [0, 0.1) is 5.41 Å². The molecular formula is C13H18ClNO. The molecule has 0 atom stereocenters. The molecule has 1 saturated heterocycles. The number of nitrogens with zero attached hydrogens (tertiary/aromatic N) is 1. The van der Waals surface area contributed by atoms with Crippen LogP contribution in [-0.2, 0) is 6.61 Å². The van der Waals surface area contributed by atoms with E-state index < -0.39 is 0 Å². The number of aliphatic hydroxyl groups excluding tert-OH is 1. The van der Waals surface area contributed by atoms with Gasteiger partial charge in [-0.15, -0.1) is 0 Å². The lowest BCUT2D eigenvalue weighted by atomic mass is 9.93. The van der Waals surface area contributed by atoms with Gasteiger partial charge in [-0.25, -0.2) is 0 Å². The van der Waals surface area contributed by atoms with Gasteiger partial charge in [0.2, 0.25) is 0 Å². The van der Waals surface area contributed by atoms with Crippen molar-refractivity contribution >= 4 is 17.3 Å². The van der Waals surface area contributed by atoms with E-state index in [0.717, 1.165) is 29.4 Å². The van der Waals surface area contributed by atoms with E-state index in [9.17, 15) is 5.11 Å². The minimum atomic E-state index is 0.0728. The molecule has 0 spiro atoms. The van der Waals surface area contributed by atoms with Crippen molar-refractivity contribution < 1.29 is 5.11 Å². The molecule has 2 rings (SSSR count). The van der Waals surface area contributed by atoms with E-state index in [-0.39, 0.29) is 6.61 Å². The number of benzene rings is 1. The quantitative estimate of drug-likeness (QED) is 0.858. The van der Waals surface area contributed by atoms with E-state index in [1.54, 1.807) is 0 Å². The molecule has 0 unspecified atom stereocenters. The first kappa shape index (κ1) is 11.7. The van der Waals surface area contributed by atoms with Crippen molar-refractivity contribution in [3.8, 4) is 0 Å². The third-order valence-electron chi connectivity index (χ3n) is 3.24. The van der Waals surface area contributed by atoms with Crippen molar-refractivity contribution in [2.45, 2.75) is 26.9 Å². The Bertz CT molecular complexity index is 390. The summed E-state index contributed by atoms with van der Waals surface area (Å²) in [7, 11) is 0. The van der Waals surface area contributed by atoms with Crippen LogP contribution in [0.2, 0.25) is 5.02 Å². The Morgan fingerprint density at radius 2 is 2.19 bits per heavy atom. The Labute approximate surface area is 102 Å². The monoisotopic (exact) mass is 239 g/mol. The van der Waals surface area contributed by atoms with Gasteiger partial charge in [0.25, 0.3) is 0 Å². The molecule has 1 fully saturated rings. The minimum absolute atomic E-state index is 0.0728. The average Bonchev–Trinajstić information content (AvgIpc) is 2.59. The molecule has 88 valence electrons. The van der Waals surface area contributed by atoms with E-state index in [1.807, 2.05) is 18.2 Å². The Balaban J connectivity index is 2.30. The third kappa shape index (κ3) is 2.33. The Morgan fingerprint density at radius 3 is 2.75 bits per heavy atom. The summed E-state index contributed by atoms with van der Waals surface area (Å²) in [6.45, 7) is 6.69. The molecule has 2 nitrogen and oxygen atoms in total. The van der Waals surface area contributed by atoms with Crippen molar-refractivity contribution in [3.63, 3.8) is 0 Å². The second kappa shape index (κ2) is 4.27. The van der Waals surface area contributed by atoms with Crippen molar-refractivity contribution in [1.82, 2.24) is 0 Å². The molecular weight excluding hydrogens is 222 g/mol. The van der Waals surface area contributed by atoms with Crippen LogP contribution in [0.25, 0.3) is 0 Å². The predicted octanol–water partition coefficient (Wildman–Crippen LogP) is 3.07. The molecule has 0 amide bonds. The summed E-state index contributed by atoms with van der Waals surface area (Å²) in [6, 6.07) is 5.69. The minimum Gasteiger partial charge on any atom is -0.392 e. The van der Waals surface area contributed by atoms with Crippen molar-refractivity contribution in [2.75, 3.05) is 18.0 Å². The number of aliphatic hydroxyl groups is 1. The SMILES string of the molecule is CC1(C)CCN(c2cc(Cl)ccc2CO)C1. The van der Waals surface area contributed by atoms with Gasteiger partial charge in [-0.2, -0.15) is 0 Å². The molecule has 0 aliphatic carbocycles. The van der Waals surface area contributed by atoms with Gasteiger partial charge in [-0.3, -0.25) is 0 Å². The smallest absolute Gasteiger partial charge is 0.0702 e. The van der Waals surface area contributed by atoms with Gasteiger partial charge in [-0.1, -0.05) is 31.5 Å². The van der Waals surface area contributed by atoms with Gasteiger partial charge < -0.3 is 10.0 Å². The maximum absolute atomic E-state index is 9.33. The fraction of sp³-hybridized carbons (Fsp3) is 0.538. The molecule has 1 aliphatic heterocycles. The van der Waals surface area contributed by atoms with Crippen LogP contribution in [0.4, 0.5) is 5.69 Å². The van der Waals surface area contributed by atoms with Crippen LogP contribution >= 0.6 is 11.6 Å². The Kier molecular flexibility index (Phi) is 3.13. The fourth-order valence-corrected chi connectivity index (χ4v) is 2.45. The van der Waals surface area contributed by atoms with Gasteiger partial charge in [0.1, 0.15) is 0 Å². The van der Waals surface area contributed by atoms with Crippen LogP contribution < -0.4 is 4.90 Å². The standard InChI is InChI=1S/C13H18ClNO/c1-13(2)5-6-15(9-13)12-7-11(14)4-3-10(12)8-16/h3-4,7,16H,5-6,8-9H2,1-2H3. The Hall–Kier alpha value is -0.730. The summed E-state index contributed by atoms with van der Waals surface area (Å²) in [4.78, 5) is 2.32. The highest BCUT2D eigenvalue weighted by molar-refractivity contribution is 6.30. The van der Waals surface area contributed by atoms with E-state index in [4.69, 9.17) is 11.6 Å². The number of halogens is 1. The molecule has 1 aliphatic rings. The number of anilines is 1. The van der Waals surface area contributed by atoms with Crippen molar-refractivity contribution in [2.24, 2.45) is 5.41 Å². The summed E-state index contributed by atoms with van der Waals surface area (Å²) < 4.78 is 0. The topological polar surface area (TPSA) is 23.5 Å². The molecule has 0 bridgehead atoms. The van der Waals surface area contributed by atoms with Gasteiger partial charge >= 0.3 is 0 Å². The summed E-state index contributed by atoms with van der Waals surface area (Å²) in [5.41, 5.74) is 2.40. The van der Waals surface area contributed by atoms with Gasteiger partial charge in [0, 0.05) is 29.4 Å². The lowest BCUT2D eigenvalue weighted by molar-refractivity contribution is 0.282. The van der Waals surface area contributed by atoms with Gasteiger partial charge in [0.05, 0.1) is 6.61 Å². The Morgan fingerprint density at radius 1 is 1.44 bits per heavy atom. The molecule has 3 heteroatoms. The molecule has 16 heavy (non-hydrogen) atoms. The van der Waals surface area contributed by atoms with Crippen molar-refractivity contribution in [3.05, 3.63) is 28.8 Å². The highest BCUT2D eigenvalue weighted by atomic mass is 35.5. The van der Waals surface area contributed by atoms with E-state index >= 15 is 0 Å². The van der Waals surface area contributed by atoms with E-state index in [2.05, 4.69) is 18.7 Å². The van der Waals surface area contributed by atoms with Crippen LogP contribution in [0.1, 0.15) is 25.8 Å². The second-order valence-electron chi connectivity index (χ2n) is 5.27. The zero-order chi connectivity index (χ0) is 11.8. The van der Waals surface area contributed by atoms with E-state index in [0.29, 0.717) is 5.41 Å². The number of hydrogen-bond donors (Lipinski definition) is 1. The molecule has 0 saturated carbocycles. The first-order valence-corrected chi connectivity index (χ1v) is 6.04. The van der Waals surface area contributed by atoms with Crippen LogP contribution in [0.15, 0.2) is 18.2 Å². The zero-order valence-corrected chi connectivity index (χ0v) is 10.6. The zero-order valence-electron chi connectivity index (χ0n) is 9.83. The number of rotatable bonds is 2. The van der Waals surface area contributed by atoms with Crippen molar-refractivity contribution in [1.29, 1.82) is 0 Å². The second-order valence-corrected chi connectivity index (χ2v) is 5.70. The highest BCUT2D eigenvalue weighted by Gasteiger charge is 2.30. The molecule has 1 heterocycles. The molecule has 1 aromatic rings. The van der Waals surface area contributed by atoms with E-state index in [1.165, 1.54) is 6.42 Å². The fourth-order valence-electron chi connectivity index (χ4n) is 2.28. The summed E-state index contributed by atoms with van der Waals surface area (Å²) >= 11 is 6.01. The highest BCUT2D eigenvalue weighted by Crippen LogP contribution is 2.35. The molecule has 1 aromatic carbocycles. The summed E-state index contributed by atoms with van der Waals surface area (Å²) in [5.74, 6) is 0. The lowest BCUT2D eigenvalue weighted by Crippen LogP contribution is -2.23. The maximum atomic E-state index is 9.33. The molecule has 1 N–H and O–H groups in total. The van der Waals surface area contributed by atoms with Crippen LogP contribution in [0.3, 0.4) is 0 Å². The largest absolute Gasteiger partial charge is 0.392 e. The third-order valence-corrected chi connectivity index (χ3v) is 3.47. The summed E-state index contributed by atoms with van der Waals surface area (Å²) in [6.07, 6.45) is 1.18. The first-order valence-electron chi connectivity index (χ1n) is 5.66. The van der Waals surface area contributed by atoms with Gasteiger partial charge in [0.15, 0.2) is 0 Å². The van der Waals surface area contributed by atoms with Gasteiger partial charge in [-0.05, 0) is 24.0 Å². The molecule has 0 aromatic heterocycles. The molecule has 0 radical (unpaired) electrons. The lowest BCUT2D eigenvalue weighted by Gasteiger charge is -2.24. The van der Waals surface area contributed by atoms with Crippen LogP contribution in [0.5, 0.6) is 0 Å². The average molecular weight is 240 g/mol. The maximum Gasteiger partial charge on any atom is 0.0702 e. The van der Waals surface area contributed by atoms with Crippen LogP contribution in [-0.4, -0.2) is 18.2 Å². The number of hydrogen-bond acceptors (Lipinski definition) is 2.